The Kier molecular flexibility index (Phi) is 3.90. The molecule has 3 heteroatoms. The molecular weight excluding hydrogens is 182 g/mol. The first-order valence-corrected chi connectivity index (χ1v) is 5.32. The van der Waals surface area contributed by atoms with Gasteiger partial charge in [-0.05, 0) is 37.9 Å². The Morgan fingerprint density at radius 2 is 2.23 bits per heavy atom. The normalized spacial score (nSPS) is 15.7. The highest BCUT2D eigenvalue weighted by molar-refractivity contribution is 7.10. The van der Waals surface area contributed by atoms with Crippen LogP contribution in [-0.4, -0.2) is 20.3 Å². The summed E-state index contributed by atoms with van der Waals surface area (Å²) in [5.74, 6) is 0. The molecule has 0 saturated carbocycles. The average molecular weight is 199 g/mol. The van der Waals surface area contributed by atoms with Crippen LogP contribution >= 0.6 is 11.3 Å². The van der Waals surface area contributed by atoms with Crippen molar-refractivity contribution in [3.8, 4) is 0 Å². The molecule has 0 bridgehead atoms. The first-order chi connectivity index (χ1) is 6.20. The summed E-state index contributed by atoms with van der Waals surface area (Å²) in [5, 5.41) is 5.40. The van der Waals surface area contributed by atoms with Crippen molar-refractivity contribution in [2.75, 3.05) is 14.2 Å². The van der Waals surface area contributed by atoms with Crippen LogP contribution in [0.4, 0.5) is 0 Å². The van der Waals surface area contributed by atoms with Crippen molar-refractivity contribution >= 4 is 11.3 Å². The molecule has 1 aromatic heterocycles. The predicted molar refractivity (Wildman–Crippen MR) is 57.3 cm³/mol. The molecule has 2 atom stereocenters. The van der Waals surface area contributed by atoms with Gasteiger partial charge in [0, 0.05) is 12.0 Å². The van der Waals surface area contributed by atoms with Gasteiger partial charge in [0.25, 0.3) is 0 Å². The summed E-state index contributed by atoms with van der Waals surface area (Å²) < 4.78 is 5.33. The van der Waals surface area contributed by atoms with E-state index in [1.54, 1.807) is 18.4 Å². The van der Waals surface area contributed by atoms with E-state index in [9.17, 15) is 0 Å². The fourth-order valence-corrected chi connectivity index (χ4v) is 2.55. The first-order valence-electron chi connectivity index (χ1n) is 4.44. The quantitative estimate of drug-likeness (QED) is 0.803. The third-order valence-corrected chi connectivity index (χ3v) is 3.44. The van der Waals surface area contributed by atoms with Crippen LogP contribution in [0.5, 0.6) is 0 Å². The molecular formula is C10H17NOS. The summed E-state index contributed by atoms with van der Waals surface area (Å²) in [5.41, 5.74) is 1.34. The van der Waals surface area contributed by atoms with Crippen LogP contribution < -0.4 is 5.32 Å². The van der Waals surface area contributed by atoms with Crippen LogP contribution in [0.2, 0.25) is 0 Å². The standard InChI is InChI=1S/C10H17NOS/c1-7-5-6-13-10(7)9(11-3)8(2)12-4/h5-6,8-9,11H,1-4H3. The van der Waals surface area contributed by atoms with E-state index in [1.807, 2.05) is 7.05 Å². The molecule has 0 aliphatic rings. The molecule has 0 radical (unpaired) electrons. The van der Waals surface area contributed by atoms with Gasteiger partial charge in [-0.15, -0.1) is 11.3 Å². The molecule has 74 valence electrons. The molecule has 0 amide bonds. The van der Waals surface area contributed by atoms with Gasteiger partial charge in [0.05, 0.1) is 12.1 Å². The van der Waals surface area contributed by atoms with Gasteiger partial charge in [-0.1, -0.05) is 0 Å². The van der Waals surface area contributed by atoms with Gasteiger partial charge in [-0.3, -0.25) is 0 Å². The lowest BCUT2D eigenvalue weighted by atomic mass is 10.1. The summed E-state index contributed by atoms with van der Waals surface area (Å²) >= 11 is 1.78. The number of likely N-dealkylation sites (N-methyl/N-ethyl adjacent to an activating group) is 1. The number of aryl methyl sites for hydroxylation is 1. The fourth-order valence-electron chi connectivity index (χ4n) is 1.42. The van der Waals surface area contributed by atoms with E-state index in [0.29, 0.717) is 6.04 Å². The number of nitrogens with one attached hydrogen (secondary N) is 1. The molecule has 1 heterocycles. The van der Waals surface area contributed by atoms with Gasteiger partial charge in [0.2, 0.25) is 0 Å². The molecule has 0 spiro atoms. The molecule has 0 fully saturated rings. The second-order valence-electron chi connectivity index (χ2n) is 3.18. The predicted octanol–water partition coefficient (Wildman–Crippen LogP) is 2.35. The maximum Gasteiger partial charge on any atom is 0.0745 e. The monoisotopic (exact) mass is 199 g/mol. The zero-order valence-electron chi connectivity index (χ0n) is 8.63. The van der Waals surface area contributed by atoms with E-state index < -0.39 is 0 Å². The molecule has 0 saturated heterocycles. The summed E-state index contributed by atoms with van der Waals surface area (Å²) in [6.07, 6.45) is 0.211. The second kappa shape index (κ2) is 4.74. The Balaban J connectivity index is 2.84. The van der Waals surface area contributed by atoms with Crippen molar-refractivity contribution in [1.82, 2.24) is 5.32 Å². The average Bonchev–Trinajstić information content (AvgIpc) is 2.53. The van der Waals surface area contributed by atoms with Crippen LogP contribution in [0.3, 0.4) is 0 Å². The lowest BCUT2D eigenvalue weighted by molar-refractivity contribution is 0.0866. The Bertz CT molecular complexity index is 259. The van der Waals surface area contributed by atoms with Gasteiger partial charge in [-0.25, -0.2) is 0 Å². The zero-order valence-corrected chi connectivity index (χ0v) is 9.44. The maximum atomic E-state index is 5.33. The highest BCUT2D eigenvalue weighted by atomic mass is 32.1. The topological polar surface area (TPSA) is 21.3 Å². The SMILES string of the molecule is CNC(c1sccc1C)C(C)OC. The Hall–Kier alpha value is -0.380. The van der Waals surface area contributed by atoms with Gasteiger partial charge in [0.1, 0.15) is 0 Å². The van der Waals surface area contributed by atoms with Crippen molar-refractivity contribution in [2.45, 2.75) is 26.0 Å². The van der Waals surface area contributed by atoms with Gasteiger partial charge >= 0.3 is 0 Å². The van der Waals surface area contributed by atoms with Crippen molar-refractivity contribution in [1.29, 1.82) is 0 Å². The Labute approximate surface area is 83.9 Å². The smallest absolute Gasteiger partial charge is 0.0745 e. The minimum absolute atomic E-state index is 0.211. The van der Waals surface area contributed by atoms with E-state index in [0.717, 1.165) is 0 Å². The fraction of sp³-hybridized carbons (Fsp3) is 0.600. The van der Waals surface area contributed by atoms with Crippen LogP contribution in [0.1, 0.15) is 23.4 Å². The molecule has 0 aliphatic heterocycles. The number of ether oxygens (including phenoxy) is 1. The van der Waals surface area contributed by atoms with Crippen LogP contribution in [0.25, 0.3) is 0 Å². The van der Waals surface area contributed by atoms with Crippen LogP contribution in [0, 0.1) is 6.92 Å². The molecule has 1 aromatic rings. The number of hydrogen-bond acceptors (Lipinski definition) is 3. The van der Waals surface area contributed by atoms with E-state index in [1.165, 1.54) is 10.4 Å². The molecule has 13 heavy (non-hydrogen) atoms. The third-order valence-electron chi connectivity index (χ3n) is 2.34. The highest BCUT2D eigenvalue weighted by Gasteiger charge is 2.19. The summed E-state index contributed by atoms with van der Waals surface area (Å²) in [6, 6.07) is 2.46. The molecule has 1 rings (SSSR count). The number of hydrogen-bond donors (Lipinski definition) is 1. The van der Waals surface area contributed by atoms with E-state index in [4.69, 9.17) is 4.74 Å². The minimum atomic E-state index is 0.211. The van der Waals surface area contributed by atoms with Crippen molar-refractivity contribution < 1.29 is 4.74 Å². The summed E-state index contributed by atoms with van der Waals surface area (Å²) in [6.45, 7) is 4.22. The van der Waals surface area contributed by atoms with Crippen molar-refractivity contribution in [2.24, 2.45) is 0 Å². The molecule has 2 unspecified atom stereocenters. The van der Waals surface area contributed by atoms with E-state index in [-0.39, 0.29) is 6.10 Å². The van der Waals surface area contributed by atoms with Crippen molar-refractivity contribution in [3.05, 3.63) is 21.9 Å². The van der Waals surface area contributed by atoms with Gasteiger partial charge < -0.3 is 10.1 Å². The molecule has 2 nitrogen and oxygen atoms in total. The van der Waals surface area contributed by atoms with Crippen LogP contribution in [0.15, 0.2) is 11.4 Å². The molecule has 1 N–H and O–H groups in total. The van der Waals surface area contributed by atoms with Crippen molar-refractivity contribution in [3.63, 3.8) is 0 Å². The number of thiophene rings is 1. The third kappa shape index (κ3) is 2.30. The molecule has 0 aromatic carbocycles. The van der Waals surface area contributed by atoms with Gasteiger partial charge in [-0.2, -0.15) is 0 Å². The zero-order chi connectivity index (χ0) is 9.84. The lowest BCUT2D eigenvalue weighted by Crippen LogP contribution is -2.28. The molecule has 0 aliphatic carbocycles. The Morgan fingerprint density at radius 1 is 1.54 bits per heavy atom. The number of rotatable bonds is 4. The second-order valence-corrected chi connectivity index (χ2v) is 4.12. The maximum absolute atomic E-state index is 5.33. The minimum Gasteiger partial charge on any atom is -0.380 e. The lowest BCUT2D eigenvalue weighted by Gasteiger charge is -2.21. The van der Waals surface area contributed by atoms with E-state index in [2.05, 4.69) is 30.6 Å². The van der Waals surface area contributed by atoms with Crippen LogP contribution in [-0.2, 0) is 4.74 Å². The largest absolute Gasteiger partial charge is 0.380 e. The van der Waals surface area contributed by atoms with Gasteiger partial charge in [0.15, 0.2) is 0 Å². The van der Waals surface area contributed by atoms with E-state index >= 15 is 0 Å². The summed E-state index contributed by atoms with van der Waals surface area (Å²) in [4.78, 5) is 1.37. The Morgan fingerprint density at radius 3 is 2.62 bits per heavy atom. The number of methoxy groups -OCH3 is 1. The first kappa shape index (κ1) is 10.7. The summed E-state index contributed by atoms with van der Waals surface area (Å²) in [7, 11) is 3.72. The highest BCUT2D eigenvalue weighted by Crippen LogP contribution is 2.26.